The van der Waals surface area contributed by atoms with Crippen LogP contribution in [-0.4, -0.2) is 13.0 Å². The van der Waals surface area contributed by atoms with Crippen molar-refractivity contribution in [2.75, 3.05) is 12.4 Å². The molecule has 7 heteroatoms. The molecule has 0 saturated heterocycles. The number of nitrogens with zero attached hydrogens (tertiary/aromatic N) is 1. The summed E-state index contributed by atoms with van der Waals surface area (Å²) in [5.41, 5.74) is 0.400. The summed E-state index contributed by atoms with van der Waals surface area (Å²) in [5.74, 6) is -2.69. The molecular formula is C18H13ClF2N2O2. The summed E-state index contributed by atoms with van der Waals surface area (Å²) < 4.78 is 32.1. The van der Waals surface area contributed by atoms with Crippen molar-refractivity contribution in [1.82, 2.24) is 0 Å². The number of methoxy groups -OCH3 is 1. The quantitative estimate of drug-likeness (QED) is 0.644. The largest absolute Gasteiger partial charge is 0.495 e. The molecule has 128 valence electrons. The number of anilines is 1. The normalized spacial score (nSPS) is 11.0. The average Bonchev–Trinajstić information content (AvgIpc) is 2.59. The SMILES string of the molecule is COc1cc(Cl)c(C)cc1NC(=O)/C(C#N)=C\c1cccc(F)c1F. The molecule has 2 rings (SSSR count). The molecule has 0 unspecified atom stereocenters. The number of aryl methyl sites for hydroxylation is 1. The van der Waals surface area contributed by atoms with Gasteiger partial charge in [0.05, 0.1) is 12.8 Å². The highest BCUT2D eigenvalue weighted by molar-refractivity contribution is 6.31. The molecule has 0 heterocycles. The van der Waals surface area contributed by atoms with E-state index in [1.165, 1.54) is 25.3 Å². The fourth-order valence-corrected chi connectivity index (χ4v) is 2.21. The maximum Gasteiger partial charge on any atom is 0.266 e. The fraction of sp³-hybridized carbons (Fsp3) is 0.111. The minimum Gasteiger partial charge on any atom is -0.495 e. The van der Waals surface area contributed by atoms with Crippen LogP contribution in [0.5, 0.6) is 5.75 Å². The number of hydrogen-bond donors (Lipinski definition) is 1. The molecule has 0 atom stereocenters. The van der Waals surface area contributed by atoms with E-state index in [4.69, 9.17) is 16.3 Å². The molecule has 4 nitrogen and oxygen atoms in total. The first-order chi connectivity index (χ1) is 11.9. The van der Waals surface area contributed by atoms with Crippen molar-refractivity contribution >= 4 is 29.3 Å². The predicted octanol–water partition coefficient (Wildman–Crippen LogP) is 4.48. The Kier molecular flexibility index (Phi) is 5.73. The molecule has 0 radical (unpaired) electrons. The van der Waals surface area contributed by atoms with Crippen molar-refractivity contribution < 1.29 is 18.3 Å². The second-order valence-electron chi connectivity index (χ2n) is 5.07. The first-order valence-electron chi connectivity index (χ1n) is 7.08. The van der Waals surface area contributed by atoms with Crippen LogP contribution in [0.4, 0.5) is 14.5 Å². The van der Waals surface area contributed by atoms with Gasteiger partial charge in [-0.1, -0.05) is 23.7 Å². The van der Waals surface area contributed by atoms with Gasteiger partial charge in [-0.2, -0.15) is 5.26 Å². The van der Waals surface area contributed by atoms with E-state index in [0.717, 1.165) is 12.1 Å². The zero-order valence-electron chi connectivity index (χ0n) is 13.4. The van der Waals surface area contributed by atoms with E-state index < -0.39 is 17.5 Å². The lowest BCUT2D eigenvalue weighted by atomic mass is 10.1. The van der Waals surface area contributed by atoms with Crippen molar-refractivity contribution in [3.05, 3.63) is 63.7 Å². The number of amides is 1. The third-order valence-corrected chi connectivity index (χ3v) is 3.78. The molecule has 0 aromatic heterocycles. The van der Waals surface area contributed by atoms with Gasteiger partial charge < -0.3 is 10.1 Å². The molecule has 2 aromatic rings. The summed E-state index contributed by atoms with van der Waals surface area (Å²) in [4.78, 5) is 12.3. The Labute approximate surface area is 148 Å². The van der Waals surface area contributed by atoms with E-state index in [9.17, 15) is 18.8 Å². The number of nitrogens with one attached hydrogen (secondary N) is 1. The molecule has 0 spiro atoms. The molecule has 1 amide bonds. The van der Waals surface area contributed by atoms with Gasteiger partial charge in [-0.3, -0.25) is 4.79 Å². The van der Waals surface area contributed by atoms with E-state index in [-0.39, 0.29) is 11.1 Å². The topological polar surface area (TPSA) is 62.1 Å². The monoisotopic (exact) mass is 362 g/mol. The number of ether oxygens (including phenoxy) is 1. The Bertz CT molecular complexity index is 905. The van der Waals surface area contributed by atoms with Crippen LogP contribution in [0.3, 0.4) is 0 Å². The molecule has 25 heavy (non-hydrogen) atoms. The van der Waals surface area contributed by atoms with Gasteiger partial charge >= 0.3 is 0 Å². The Morgan fingerprint density at radius 1 is 1.36 bits per heavy atom. The van der Waals surface area contributed by atoms with Crippen molar-refractivity contribution in [1.29, 1.82) is 5.26 Å². The van der Waals surface area contributed by atoms with Crippen molar-refractivity contribution in [3.63, 3.8) is 0 Å². The lowest BCUT2D eigenvalue weighted by Crippen LogP contribution is -2.14. The van der Waals surface area contributed by atoms with Crippen LogP contribution in [0, 0.1) is 29.9 Å². The first-order valence-corrected chi connectivity index (χ1v) is 7.46. The summed E-state index contributed by atoms with van der Waals surface area (Å²) in [6.07, 6.45) is 0.975. The number of carbonyl (C=O) groups is 1. The third kappa shape index (κ3) is 4.14. The minimum absolute atomic E-state index is 0.203. The summed E-state index contributed by atoms with van der Waals surface area (Å²) in [6.45, 7) is 1.74. The molecule has 0 saturated carbocycles. The maximum absolute atomic E-state index is 13.7. The number of halogens is 3. The zero-order valence-corrected chi connectivity index (χ0v) is 14.1. The van der Waals surface area contributed by atoms with Gasteiger partial charge in [0.1, 0.15) is 17.4 Å². The van der Waals surface area contributed by atoms with Crippen molar-refractivity contribution in [2.24, 2.45) is 0 Å². The van der Waals surface area contributed by atoms with Crippen LogP contribution in [-0.2, 0) is 4.79 Å². The van der Waals surface area contributed by atoms with E-state index >= 15 is 0 Å². The Morgan fingerprint density at radius 3 is 2.72 bits per heavy atom. The van der Waals surface area contributed by atoms with Crippen LogP contribution < -0.4 is 10.1 Å². The molecule has 1 N–H and O–H groups in total. The highest BCUT2D eigenvalue weighted by atomic mass is 35.5. The van der Waals surface area contributed by atoms with E-state index in [1.54, 1.807) is 19.1 Å². The number of carbonyl (C=O) groups excluding carboxylic acids is 1. The van der Waals surface area contributed by atoms with Crippen LogP contribution in [0.15, 0.2) is 35.9 Å². The number of nitriles is 1. The van der Waals surface area contributed by atoms with Gasteiger partial charge in [0.25, 0.3) is 5.91 Å². The highest BCUT2D eigenvalue weighted by Gasteiger charge is 2.15. The van der Waals surface area contributed by atoms with E-state index in [2.05, 4.69) is 5.32 Å². The van der Waals surface area contributed by atoms with E-state index in [0.29, 0.717) is 22.0 Å². The van der Waals surface area contributed by atoms with Gasteiger partial charge in [-0.25, -0.2) is 8.78 Å². The van der Waals surface area contributed by atoms with Crippen LogP contribution in [0.25, 0.3) is 6.08 Å². The van der Waals surface area contributed by atoms with Gasteiger partial charge in [-0.15, -0.1) is 0 Å². The Hall–Kier alpha value is -2.91. The van der Waals surface area contributed by atoms with Crippen LogP contribution >= 0.6 is 11.6 Å². The second-order valence-corrected chi connectivity index (χ2v) is 5.48. The number of rotatable bonds is 4. The summed E-state index contributed by atoms with van der Waals surface area (Å²) >= 11 is 6.00. The van der Waals surface area contributed by atoms with Gasteiger partial charge in [0.2, 0.25) is 0 Å². The average molecular weight is 363 g/mol. The standard InChI is InChI=1S/C18H13ClF2N2O2/c1-10-6-15(16(25-2)8-13(10)19)23-18(24)12(9-22)7-11-4-3-5-14(20)17(11)21/h3-8H,1-2H3,(H,23,24)/b12-7-. The number of benzene rings is 2. The minimum atomic E-state index is -1.14. The van der Waals surface area contributed by atoms with Gasteiger partial charge in [0.15, 0.2) is 11.6 Å². The van der Waals surface area contributed by atoms with Crippen molar-refractivity contribution in [2.45, 2.75) is 6.92 Å². The molecule has 0 aliphatic heterocycles. The highest BCUT2D eigenvalue weighted by Crippen LogP contribution is 2.31. The molecule has 0 aliphatic rings. The summed E-state index contributed by atoms with van der Waals surface area (Å²) in [6, 6.07) is 8.26. The summed E-state index contributed by atoms with van der Waals surface area (Å²) in [7, 11) is 1.40. The molecule has 2 aromatic carbocycles. The molecule has 0 bridgehead atoms. The predicted molar refractivity (Wildman–Crippen MR) is 91.3 cm³/mol. The fourth-order valence-electron chi connectivity index (χ4n) is 2.06. The van der Waals surface area contributed by atoms with Gasteiger partial charge in [0, 0.05) is 16.7 Å². The molecule has 0 fully saturated rings. The lowest BCUT2D eigenvalue weighted by Gasteiger charge is -2.12. The zero-order chi connectivity index (χ0) is 18.6. The summed E-state index contributed by atoms with van der Waals surface area (Å²) in [5, 5.41) is 12.1. The smallest absolute Gasteiger partial charge is 0.266 e. The number of hydrogen-bond acceptors (Lipinski definition) is 3. The maximum atomic E-state index is 13.7. The van der Waals surface area contributed by atoms with Crippen LogP contribution in [0.1, 0.15) is 11.1 Å². The Balaban J connectivity index is 2.36. The third-order valence-electron chi connectivity index (χ3n) is 3.38. The first kappa shape index (κ1) is 18.4. The van der Waals surface area contributed by atoms with Gasteiger partial charge in [-0.05, 0) is 30.7 Å². The van der Waals surface area contributed by atoms with Crippen LogP contribution in [0.2, 0.25) is 5.02 Å². The molecular weight excluding hydrogens is 350 g/mol. The van der Waals surface area contributed by atoms with Crippen molar-refractivity contribution in [3.8, 4) is 11.8 Å². The second kappa shape index (κ2) is 7.77. The molecule has 0 aliphatic carbocycles. The Morgan fingerprint density at radius 2 is 2.08 bits per heavy atom. The lowest BCUT2D eigenvalue weighted by molar-refractivity contribution is -0.112. The van der Waals surface area contributed by atoms with E-state index in [1.807, 2.05) is 0 Å².